The molecule has 2 rings (SSSR count). The lowest BCUT2D eigenvalue weighted by atomic mass is 10.2. The molecule has 16 heavy (non-hydrogen) atoms. The number of nitrogens with zero attached hydrogens (tertiary/aromatic N) is 3. The predicted molar refractivity (Wildman–Crippen MR) is 58.1 cm³/mol. The molecule has 0 unspecified atom stereocenters. The van der Waals surface area contributed by atoms with Gasteiger partial charge < -0.3 is 0 Å². The fourth-order valence-corrected chi connectivity index (χ4v) is 1.28. The van der Waals surface area contributed by atoms with Crippen LogP contribution >= 0.6 is 0 Å². The average Bonchev–Trinajstić information content (AvgIpc) is 2.30. The summed E-state index contributed by atoms with van der Waals surface area (Å²) in [5.41, 5.74) is 3.92. The third kappa shape index (κ3) is 2.30. The molecule has 0 saturated carbocycles. The number of hydrogen-bond acceptors (Lipinski definition) is 4. The molecule has 1 N–H and O–H groups in total. The lowest BCUT2D eigenvalue weighted by Gasteiger charge is -2.01. The lowest BCUT2D eigenvalue weighted by Crippen LogP contribution is -2.07. The van der Waals surface area contributed by atoms with Gasteiger partial charge in [-0.1, -0.05) is 0 Å². The van der Waals surface area contributed by atoms with Crippen LogP contribution in [0.1, 0.15) is 0 Å². The number of anilines is 1. The molecule has 6 nitrogen and oxygen atoms in total. The summed E-state index contributed by atoms with van der Waals surface area (Å²) in [4.78, 5) is 18.3. The molecule has 0 aliphatic carbocycles. The second-order valence-corrected chi connectivity index (χ2v) is 3.04. The van der Waals surface area contributed by atoms with Gasteiger partial charge in [0.1, 0.15) is 5.69 Å². The molecule has 0 aliphatic heterocycles. The largest absolute Gasteiger partial charge is 0.264 e. The zero-order valence-corrected chi connectivity index (χ0v) is 8.20. The molecule has 0 aliphatic rings. The molecule has 0 atom stereocenters. The summed E-state index contributed by atoms with van der Waals surface area (Å²) in [5, 5.41) is 9.67. The topological polar surface area (TPSA) is 81.0 Å². The van der Waals surface area contributed by atoms with E-state index in [1.54, 1.807) is 24.5 Å². The van der Waals surface area contributed by atoms with Crippen molar-refractivity contribution >= 4 is 5.69 Å². The second kappa shape index (κ2) is 4.35. The average molecular weight is 216 g/mol. The molecule has 0 fully saturated rings. The minimum absolute atomic E-state index is 0.388. The van der Waals surface area contributed by atoms with Gasteiger partial charge in [-0.15, -0.1) is 5.43 Å². The van der Waals surface area contributed by atoms with Gasteiger partial charge in [0, 0.05) is 24.2 Å². The number of hydrazine groups is 1. The van der Waals surface area contributed by atoms with E-state index in [1.165, 1.54) is 12.3 Å². The van der Waals surface area contributed by atoms with Gasteiger partial charge in [0.05, 0.1) is 5.69 Å². The fraction of sp³-hybridized carbons (Fsp3) is 0. The first-order chi connectivity index (χ1) is 7.75. The number of rotatable bonds is 3. The molecular weight excluding hydrogens is 208 g/mol. The Morgan fingerprint density at radius 2 is 2.19 bits per heavy atom. The summed E-state index contributed by atoms with van der Waals surface area (Å²) >= 11 is 0. The van der Waals surface area contributed by atoms with Gasteiger partial charge in [-0.2, -0.15) is 0 Å². The highest BCUT2D eigenvalue weighted by molar-refractivity contribution is 5.62. The molecular formula is C10H8N4O2. The van der Waals surface area contributed by atoms with Crippen molar-refractivity contribution < 1.29 is 5.03 Å². The van der Waals surface area contributed by atoms with Gasteiger partial charge >= 0.3 is 0 Å². The Morgan fingerprint density at radius 3 is 2.88 bits per heavy atom. The van der Waals surface area contributed by atoms with Gasteiger partial charge in [0.15, 0.2) is 5.03 Å². The van der Waals surface area contributed by atoms with Crippen molar-refractivity contribution in [1.82, 2.24) is 9.97 Å². The van der Waals surface area contributed by atoms with E-state index in [9.17, 15) is 10.1 Å². The Kier molecular flexibility index (Phi) is 2.73. The smallest absolute Gasteiger partial charge is 0.162 e. The molecule has 0 amide bonds. The van der Waals surface area contributed by atoms with Crippen molar-refractivity contribution in [3.8, 4) is 11.3 Å². The Morgan fingerprint density at radius 1 is 1.31 bits per heavy atom. The molecule has 0 bridgehead atoms. The standard InChI is InChI=1S/C10H8N4O2/c15-14(16)13-9-3-5-12-10(6-9)8-2-1-4-11-7-8/h1-7H,(H,12,13). The van der Waals surface area contributed by atoms with E-state index in [0.29, 0.717) is 11.4 Å². The predicted octanol–water partition coefficient (Wildman–Crippen LogP) is 1.75. The van der Waals surface area contributed by atoms with Crippen molar-refractivity contribution in [2.75, 3.05) is 5.43 Å². The highest BCUT2D eigenvalue weighted by atomic mass is 16.7. The van der Waals surface area contributed by atoms with Crippen molar-refractivity contribution in [3.05, 3.63) is 53.0 Å². The zero-order chi connectivity index (χ0) is 11.4. The van der Waals surface area contributed by atoms with E-state index in [2.05, 4.69) is 15.4 Å². The van der Waals surface area contributed by atoms with E-state index < -0.39 is 5.03 Å². The van der Waals surface area contributed by atoms with Crippen LogP contribution in [-0.4, -0.2) is 15.0 Å². The maximum atomic E-state index is 10.3. The first-order valence-corrected chi connectivity index (χ1v) is 4.53. The van der Waals surface area contributed by atoms with Crippen LogP contribution in [0.25, 0.3) is 11.3 Å². The van der Waals surface area contributed by atoms with E-state index in [4.69, 9.17) is 0 Å². The Bertz CT molecular complexity index is 501. The zero-order valence-electron chi connectivity index (χ0n) is 8.20. The third-order valence-electron chi connectivity index (χ3n) is 1.94. The minimum Gasteiger partial charge on any atom is -0.264 e. The molecule has 0 radical (unpaired) electrons. The monoisotopic (exact) mass is 216 g/mol. The molecule has 0 saturated heterocycles. The van der Waals surface area contributed by atoms with Crippen LogP contribution in [-0.2, 0) is 0 Å². The summed E-state index contributed by atoms with van der Waals surface area (Å²) in [6.45, 7) is 0. The van der Waals surface area contributed by atoms with Gasteiger partial charge in [0.25, 0.3) is 0 Å². The van der Waals surface area contributed by atoms with Gasteiger partial charge in [-0.05, 0) is 24.3 Å². The molecule has 6 heteroatoms. The van der Waals surface area contributed by atoms with Crippen LogP contribution in [0.3, 0.4) is 0 Å². The summed E-state index contributed by atoms with van der Waals surface area (Å²) in [5.74, 6) is 0. The van der Waals surface area contributed by atoms with Crippen molar-refractivity contribution in [2.45, 2.75) is 0 Å². The van der Waals surface area contributed by atoms with Crippen LogP contribution in [0.2, 0.25) is 0 Å². The van der Waals surface area contributed by atoms with Crippen LogP contribution in [0.5, 0.6) is 0 Å². The van der Waals surface area contributed by atoms with Crippen LogP contribution < -0.4 is 5.43 Å². The maximum Gasteiger partial charge on any atom is 0.162 e. The Labute approximate surface area is 91.1 Å². The molecule has 80 valence electrons. The van der Waals surface area contributed by atoms with Crippen LogP contribution in [0.4, 0.5) is 5.69 Å². The molecule has 2 heterocycles. The van der Waals surface area contributed by atoms with Crippen molar-refractivity contribution in [3.63, 3.8) is 0 Å². The number of pyridine rings is 2. The van der Waals surface area contributed by atoms with E-state index in [0.717, 1.165) is 5.56 Å². The molecule has 0 aromatic carbocycles. The lowest BCUT2D eigenvalue weighted by molar-refractivity contribution is -0.445. The number of hydrogen-bond donors (Lipinski definition) is 1. The quantitative estimate of drug-likeness (QED) is 0.624. The molecule has 0 spiro atoms. The highest BCUT2D eigenvalue weighted by Gasteiger charge is 2.03. The van der Waals surface area contributed by atoms with Crippen molar-refractivity contribution in [1.29, 1.82) is 0 Å². The summed E-state index contributed by atoms with van der Waals surface area (Å²) in [7, 11) is 0. The maximum absolute atomic E-state index is 10.3. The number of nitro groups is 1. The van der Waals surface area contributed by atoms with Crippen LogP contribution in [0.15, 0.2) is 42.9 Å². The summed E-state index contributed by atoms with van der Waals surface area (Å²) in [6.07, 6.45) is 4.81. The minimum atomic E-state index is -0.609. The second-order valence-electron chi connectivity index (χ2n) is 3.04. The summed E-state index contributed by atoms with van der Waals surface area (Å²) in [6, 6.07) is 6.75. The highest BCUT2D eigenvalue weighted by Crippen LogP contribution is 2.18. The third-order valence-corrected chi connectivity index (χ3v) is 1.94. The van der Waals surface area contributed by atoms with Gasteiger partial charge in [-0.3, -0.25) is 9.97 Å². The van der Waals surface area contributed by atoms with Crippen molar-refractivity contribution in [2.24, 2.45) is 0 Å². The molecule has 2 aromatic rings. The van der Waals surface area contributed by atoms with E-state index >= 15 is 0 Å². The fourth-order valence-electron chi connectivity index (χ4n) is 1.28. The normalized spacial score (nSPS) is 9.75. The van der Waals surface area contributed by atoms with Crippen LogP contribution in [0, 0.1) is 10.1 Å². The number of nitrogens with one attached hydrogen (secondary N) is 1. The number of aromatic nitrogens is 2. The first kappa shape index (κ1) is 10.0. The van der Waals surface area contributed by atoms with E-state index in [1.807, 2.05) is 6.07 Å². The Hall–Kier alpha value is -2.50. The SMILES string of the molecule is O=[N+]([O-])Nc1ccnc(-c2cccnc2)c1. The summed E-state index contributed by atoms with van der Waals surface area (Å²) < 4.78 is 0. The van der Waals surface area contributed by atoms with Gasteiger partial charge in [-0.25, -0.2) is 10.1 Å². The Balaban J connectivity index is 2.33. The molecule has 2 aromatic heterocycles. The first-order valence-electron chi connectivity index (χ1n) is 4.53. The van der Waals surface area contributed by atoms with Gasteiger partial charge in [0.2, 0.25) is 0 Å². The van der Waals surface area contributed by atoms with E-state index in [-0.39, 0.29) is 0 Å².